The summed E-state index contributed by atoms with van der Waals surface area (Å²) in [5.74, 6) is 0. The first-order valence-corrected chi connectivity index (χ1v) is 7.37. The Bertz CT molecular complexity index is 257. The quantitative estimate of drug-likeness (QED) is 0.695. The highest BCUT2D eigenvalue weighted by Crippen LogP contribution is 2.15. The molecule has 0 unspecified atom stereocenters. The first-order valence-electron chi connectivity index (χ1n) is 4.84. The molecule has 0 N–H and O–H groups in total. The minimum absolute atomic E-state index is 1.00. The maximum Gasteiger partial charge on any atom is 0.334 e. The fourth-order valence-electron chi connectivity index (χ4n) is 1.30. The topological polar surface area (TPSA) is 18.5 Å². The van der Waals surface area contributed by atoms with Crippen LogP contribution in [0.15, 0.2) is 30.3 Å². The van der Waals surface area contributed by atoms with E-state index in [1.54, 1.807) is 14.2 Å². The Kier molecular flexibility index (Phi) is 4.32. The fraction of sp³-hybridized carbons (Fsp3) is 0.455. The molecule has 0 saturated heterocycles. The van der Waals surface area contributed by atoms with Crippen LogP contribution in [0.2, 0.25) is 12.6 Å². The molecular formula is C11H18O2Si. The SMILES string of the molecule is CO[Si](C)(CCc1ccccc1)OC. The molecule has 0 spiro atoms. The Balaban J connectivity index is 2.48. The Morgan fingerprint density at radius 2 is 1.64 bits per heavy atom. The number of aryl methyl sites for hydroxylation is 1. The van der Waals surface area contributed by atoms with Crippen molar-refractivity contribution in [1.29, 1.82) is 0 Å². The van der Waals surface area contributed by atoms with Gasteiger partial charge in [0.1, 0.15) is 0 Å². The van der Waals surface area contributed by atoms with Crippen LogP contribution in [0.4, 0.5) is 0 Å². The summed E-state index contributed by atoms with van der Waals surface area (Å²) >= 11 is 0. The van der Waals surface area contributed by atoms with Gasteiger partial charge in [0.25, 0.3) is 0 Å². The zero-order valence-corrected chi connectivity index (χ0v) is 10.1. The van der Waals surface area contributed by atoms with Crippen LogP contribution in [0.3, 0.4) is 0 Å². The number of hydrogen-bond acceptors (Lipinski definition) is 2. The fourth-order valence-corrected chi connectivity index (χ4v) is 2.62. The van der Waals surface area contributed by atoms with Crippen LogP contribution in [0.25, 0.3) is 0 Å². The van der Waals surface area contributed by atoms with E-state index in [1.807, 2.05) is 6.07 Å². The zero-order chi connectivity index (χ0) is 10.4. The second-order valence-electron chi connectivity index (χ2n) is 3.53. The highest BCUT2D eigenvalue weighted by Gasteiger charge is 2.27. The van der Waals surface area contributed by atoms with E-state index in [2.05, 4.69) is 30.8 Å². The van der Waals surface area contributed by atoms with Crippen molar-refractivity contribution >= 4 is 8.56 Å². The first-order chi connectivity index (χ1) is 6.70. The molecule has 1 aromatic carbocycles. The molecule has 0 fully saturated rings. The largest absolute Gasteiger partial charge is 0.398 e. The molecule has 0 bridgehead atoms. The van der Waals surface area contributed by atoms with Crippen LogP contribution in [0, 0.1) is 0 Å². The second-order valence-corrected chi connectivity index (χ2v) is 7.11. The Morgan fingerprint density at radius 3 is 2.14 bits per heavy atom. The molecule has 1 aromatic rings. The molecule has 3 heteroatoms. The molecular weight excluding hydrogens is 192 g/mol. The molecule has 0 aliphatic rings. The van der Waals surface area contributed by atoms with E-state index in [0.717, 1.165) is 12.5 Å². The van der Waals surface area contributed by atoms with Crippen molar-refractivity contribution in [2.24, 2.45) is 0 Å². The molecule has 0 heterocycles. The number of rotatable bonds is 5. The van der Waals surface area contributed by atoms with Gasteiger partial charge in [-0.15, -0.1) is 0 Å². The van der Waals surface area contributed by atoms with E-state index in [1.165, 1.54) is 5.56 Å². The summed E-state index contributed by atoms with van der Waals surface area (Å²) in [7, 11) is 1.59. The first kappa shape index (κ1) is 11.4. The third-order valence-electron chi connectivity index (χ3n) is 2.57. The summed E-state index contributed by atoms with van der Waals surface area (Å²) < 4.78 is 10.9. The highest BCUT2D eigenvalue weighted by atomic mass is 28.4. The Hall–Kier alpha value is -0.643. The van der Waals surface area contributed by atoms with Gasteiger partial charge >= 0.3 is 8.56 Å². The molecule has 78 valence electrons. The maximum atomic E-state index is 5.43. The van der Waals surface area contributed by atoms with Crippen molar-refractivity contribution in [2.45, 2.75) is 19.0 Å². The van der Waals surface area contributed by atoms with Gasteiger partial charge in [-0.05, 0) is 24.6 Å². The lowest BCUT2D eigenvalue weighted by Crippen LogP contribution is -2.36. The van der Waals surface area contributed by atoms with Crippen molar-refractivity contribution in [3.05, 3.63) is 35.9 Å². The second kappa shape index (κ2) is 5.29. The summed E-state index contributed by atoms with van der Waals surface area (Å²) in [6, 6.07) is 11.4. The molecule has 0 amide bonds. The summed E-state index contributed by atoms with van der Waals surface area (Å²) in [6.45, 7) is 2.09. The third-order valence-corrected chi connectivity index (χ3v) is 5.46. The van der Waals surface area contributed by atoms with E-state index in [4.69, 9.17) is 8.85 Å². The van der Waals surface area contributed by atoms with Crippen molar-refractivity contribution in [3.8, 4) is 0 Å². The molecule has 0 aromatic heterocycles. The van der Waals surface area contributed by atoms with Crippen LogP contribution < -0.4 is 0 Å². The molecule has 0 radical (unpaired) electrons. The van der Waals surface area contributed by atoms with Gasteiger partial charge in [0, 0.05) is 14.2 Å². The lowest BCUT2D eigenvalue weighted by atomic mass is 10.2. The van der Waals surface area contributed by atoms with E-state index in [0.29, 0.717) is 0 Å². The summed E-state index contributed by atoms with van der Waals surface area (Å²) in [6.07, 6.45) is 1.03. The van der Waals surface area contributed by atoms with Gasteiger partial charge in [-0.1, -0.05) is 30.3 Å². The normalized spacial score (nSPS) is 11.6. The Labute approximate surface area is 87.1 Å². The highest BCUT2D eigenvalue weighted by molar-refractivity contribution is 6.65. The van der Waals surface area contributed by atoms with E-state index in [-0.39, 0.29) is 0 Å². The summed E-state index contributed by atoms with van der Waals surface area (Å²) in [4.78, 5) is 0. The molecule has 1 rings (SSSR count). The number of hydrogen-bond donors (Lipinski definition) is 0. The van der Waals surface area contributed by atoms with Crippen molar-refractivity contribution < 1.29 is 8.85 Å². The molecule has 2 nitrogen and oxygen atoms in total. The van der Waals surface area contributed by atoms with Gasteiger partial charge in [0.2, 0.25) is 0 Å². The van der Waals surface area contributed by atoms with Crippen LogP contribution >= 0.6 is 0 Å². The van der Waals surface area contributed by atoms with Crippen LogP contribution in [-0.2, 0) is 15.3 Å². The molecule has 0 saturated carbocycles. The van der Waals surface area contributed by atoms with E-state index >= 15 is 0 Å². The minimum Gasteiger partial charge on any atom is -0.398 e. The molecule has 0 atom stereocenters. The van der Waals surface area contributed by atoms with Crippen LogP contribution in [-0.4, -0.2) is 22.8 Å². The van der Waals surface area contributed by atoms with Gasteiger partial charge in [-0.2, -0.15) is 0 Å². The average molecular weight is 210 g/mol. The predicted octanol–water partition coefficient (Wildman–Crippen LogP) is 2.59. The smallest absolute Gasteiger partial charge is 0.334 e. The minimum atomic E-state index is -1.88. The Morgan fingerprint density at radius 1 is 1.07 bits per heavy atom. The van der Waals surface area contributed by atoms with E-state index in [9.17, 15) is 0 Å². The predicted molar refractivity (Wildman–Crippen MR) is 60.6 cm³/mol. The van der Waals surface area contributed by atoms with Gasteiger partial charge in [0.15, 0.2) is 0 Å². The monoisotopic (exact) mass is 210 g/mol. The standard InChI is InChI=1S/C11H18O2Si/c1-12-14(3,13-2)10-9-11-7-5-4-6-8-11/h4-8H,9-10H2,1-3H3. The van der Waals surface area contributed by atoms with Gasteiger partial charge in [0.05, 0.1) is 0 Å². The maximum absolute atomic E-state index is 5.43. The summed E-state index contributed by atoms with van der Waals surface area (Å²) in [5, 5.41) is 0. The van der Waals surface area contributed by atoms with Crippen molar-refractivity contribution in [2.75, 3.05) is 14.2 Å². The lowest BCUT2D eigenvalue weighted by molar-refractivity contribution is 0.249. The molecule has 0 aliphatic heterocycles. The van der Waals surface area contributed by atoms with Crippen LogP contribution in [0.5, 0.6) is 0 Å². The van der Waals surface area contributed by atoms with Gasteiger partial charge < -0.3 is 8.85 Å². The van der Waals surface area contributed by atoms with Crippen molar-refractivity contribution in [3.63, 3.8) is 0 Å². The average Bonchev–Trinajstić information content (AvgIpc) is 2.27. The van der Waals surface area contributed by atoms with Crippen LogP contribution in [0.1, 0.15) is 5.56 Å². The van der Waals surface area contributed by atoms with E-state index < -0.39 is 8.56 Å². The van der Waals surface area contributed by atoms with Gasteiger partial charge in [-0.25, -0.2) is 0 Å². The zero-order valence-electron chi connectivity index (χ0n) is 9.12. The molecule has 0 aliphatic carbocycles. The number of benzene rings is 1. The van der Waals surface area contributed by atoms with Gasteiger partial charge in [-0.3, -0.25) is 0 Å². The van der Waals surface area contributed by atoms with Crippen molar-refractivity contribution in [1.82, 2.24) is 0 Å². The molecule has 14 heavy (non-hydrogen) atoms. The lowest BCUT2D eigenvalue weighted by Gasteiger charge is -2.22. The third kappa shape index (κ3) is 3.25. The summed E-state index contributed by atoms with van der Waals surface area (Å²) in [5.41, 5.74) is 1.35.